The zero-order valence-electron chi connectivity index (χ0n) is 26.1. The molecule has 2 saturated heterocycles. The van der Waals surface area contributed by atoms with Gasteiger partial charge in [-0.05, 0) is 50.1 Å². The number of amides is 2. The van der Waals surface area contributed by atoms with E-state index in [4.69, 9.17) is 21.3 Å². The van der Waals surface area contributed by atoms with Crippen LogP contribution in [0, 0.1) is 11.2 Å². The molecule has 0 aliphatic carbocycles. The Balaban J connectivity index is 1.23. The molecule has 1 aromatic heterocycles. The van der Waals surface area contributed by atoms with Crippen LogP contribution in [0.4, 0.5) is 14.9 Å². The number of ether oxygens (including phenoxy) is 1. The molecule has 2 amide bonds. The van der Waals surface area contributed by atoms with E-state index in [1.165, 1.54) is 36.6 Å². The first-order valence-electron chi connectivity index (χ1n) is 15.1. The number of nitrogens with zero attached hydrogens (tertiary/aromatic N) is 5. The topological polar surface area (TPSA) is 128 Å². The van der Waals surface area contributed by atoms with Crippen molar-refractivity contribution >= 4 is 52.4 Å². The Labute approximate surface area is 280 Å². The molecule has 2 aromatic carbocycles. The molecular formula is C33H34ClFN6O5S. The maximum atomic E-state index is 14.0. The molecule has 0 saturated carbocycles. The number of aromatic nitrogens is 1. The van der Waals surface area contributed by atoms with E-state index >= 15 is 0 Å². The molecule has 246 valence electrons. The second kappa shape index (κ2) is 13.1. The Morgan fingerprint density at radius 1 is 1.17 bits per heavy atom. The third-order valence-corrected chi connectivity index (χ3v) is 9.82. The van der Waals surface area contributed by atoms with Crippen molar-refractivity contribution in [3.05, 3.63) is 92.3 Å². The summed E-state index contributed by atoms with van der Waals surface area (Å²) in [6.45, 7) is 5.79. The summed E-state index contributed by atoms with van der Waals surface area (Å²) in [4.78, 5) is 53.3. The third kappa shape index (κ3) is 6.60. The van der Waals surface area contributed by atoms with Gasteiger partial charge in [0.15, 0.2) is 10.8 Å². The molecule has 4 heterocycles. The van der Waals surface area contributed by atoms with Crippen molar-refractivity contribution in [2.24, 2.45) is 10.4 Å². The standard InChI is InChI=1S/C33H34ClFN6O5S/c1-33(2,31(43)44)15-19-4-7-21(8-5-19)41-17-22-16-39(11-12-40(22)32(41)45)18-25-26(30(42)46-3)27(23-9-6-20(35)14-24(23)34)38-28(37-25)29-36-10-13-47-29/h4-10,13-14,22,27H,11-12,15-18H2,1-3H3,(H,37,38)(H,43,44). The number of methoxy groups -OCH3 is 1. The number of nitrogens with one attached hydrogen (secondary N) is 1. The van der Waals surface area contributed by atoms with Crippen LogP contribution >= 0.6 is 22.9 Å². The number of piperazine rings is 1. The van der Waals surface area contributed by atoms with Crippen molar-refractivity contribution in [1.29, 1.82) is 0 Å². The first kappa shape index (κ1) is 32.6. The summed E-state index contributed by atoms with van der Waals surface area (Å²) in [5, 5.41) is 15.4. The Bertz CT molecular complexity index is 1760. The number of benzene rings is 2. The van der Waals surface area contributed by atoms with Gasteiger partial charge in [0.05, 0.1) is 24.1 Å². The smallest absolute Gasteiger partial charge is 0.338 e. The van der Waals surface area contributed by atoms with Gasteiger partial charge in [0.25, 0.3) is 0 Å². The van der Waals surface area contributed by atoms with Crippen molar-refractivity contribution in [3.8, 4) is 0 Å². The molecule has 3 aromatic rings. The van der Waals surface area contributed by atoms with Gasteiger partial charge < -0.3 is 20.1 Å². The molecule has 3 aliphatic heterocycles. The molecule has 14 heteroatoms. The number of esters is 1. The Morgan fingerprint density at radius 3 is 2.60 bits per heavy atom. The summed E-state index contributed by atoms with van der Waals surface area (Å²) < 4.78 is 19.2. The Kier molecular flexibility index (Phi) is 9.05. The van der Waals surface area contributed by atoms with Crippen LogP contribution in [0.5, 0.6) is 0 Å². The molecule has 0 spiro atoms. The number of thiazole rings is 1. The molecule has 2 atom stereocenters. The SMILES string of the molecule is COC(=O)C1=C(CN2CCN3C(=O)N(c4ccc(CC(C)(C)C(=O)O)cc4)CC3C2)NC(c2nccs2)=NC1c1ccc(F)cc1Cl. The average molecular weight is 681 g/mol. The lowest BCUT2D eigenvalue weighted by atomic mass is 9.86. The van der Waals surface area contributed by atoms with E-state index in [2.05, 4.69) is 15.2 Å². The predicted octanol–water partition coefficient (Wildman–Crippen LogP) is 4.73. The van der Waals surface area contributed by atoms with E-state index in [0.29, 0.717) is 61.2 Å². The fourth-order valence-corrected chi connectivity index (χ4v) is 7.06. The predicted molar refractivity (Wildman–Crippen MR) is 176 cm³/mol. The number of carbonyl (C=O) groups excluding carboxylic acids is 2. The van der Waals surface area contributed by atoms with Crippen LogP contribution < -0.4 is 10.2 Å². The number of rotatable bonds is 9. The lowest BCUT2D eigenvalue weighted by Gasteiger charge is -2.38. The highest BCUT2D eigenvalue weighted by molar-refractivity contribution is 7.11. The summed E-state index contributed by atoms with van der Waals surface area (Å²) in [6, 6.07) is 10.4. The van der Waals surface area contributed by atoms with Gasteiger partial charge in [-0.2, -0.15) is 0 Å². The highest BCUT2D eigenvalue weighted by Gasteiger charge is 2.42. The van der Waals surface area contributed by atoms with E-state index in [9.17, 15) is 23.9 Å². The number of urea groups is 1. The summed E-state index contributed by atoms with van der Waals surface area (Å²) in [5.41, 5.74) is 2.02. The minimum atomic E-state index is -0.899. The largest absolute Gasteiger partial charge is 0.481 e. The fraction of sp³-hybridized carbons (Fsp3) is 0.364. The number of aliphatic imine (C=N–C) groups is 1. The number of anilines is 1. The van der Waals surface area contributed by atoms with E-state index in [1.54, 1.807) is 24.9 Å². The lowest BCUT2D eigenvalue weighted by Crippen LogP contribution is -2.53. The molecule has 11 nitrogen and oxygen atoms in total. The highest BCUT2D eigenvalue weighted by Crippen LogP contribution is 2.37. The fourth-order valence-electron chi connectivity index (χ4n) is 6.20. The minimum absolute atomic E-state index is 0.0808. The van der Waals surface area contributed by atoms with Gasteiger partial charge in [-0.1, -0.05) is 29.8 Å². The van der Waals surface area contributed by atoms with Crippen LogP contribution in [-0.4, -0.2) is 89.6 Å². The van der Waals surface area contributed by atoms with Gasteiger partial charge in [0.2, 0.25) is 0 Å². The van der Waals surface area contributed by atoms with E-state index in [0.717, 1.165) is 11.3 Å². The molecule has 2 unspecified atom stereocenters. The first-order valence-corrected chi connectivity index (χ1v) is 16.3. The molecule has 47 heavy (non-hydrogen) atoms. The van der Waals surface area contributed by atoms with Gasteiger partial charge >= 0.3 is 18.0 Å². The molecule has 2 N–H and O–H groups in total. The normalized spacial score (nSPS) is 20.2. The number of carboxylic acid groups (broad SMARTS) is 1. The highest BCUT2D eigenvalue weighted by atomic mass is 35.5. The molecule has 0 bridgehead atoms. The van der Waals surface area contributed by atoms with Crippen LogP contribution in [0.15, 0.2) is 70.3 Å². The lowest BCUT2D eigenvalue weighted by molar-refractivity contribution is -0.146. The van der Waals surface area contributed by atoms with Gasteiger partial charge in [-0.25, -0.2) is 19.0 Å². The molecule has 0 radical (unpaired) electrons. The van der Waals surface area contributed by atoms with Gasteiger partial charge in [0, 0.05) is 66.3 Å². The van der Waals surface area contributed by atoms with Crippen LogP contribution in [-0.2, 0) is 20.7 Å². The van der Waals surface area contributed by atoms with Crippen LogP contribution in [0.2, 0.25) is 5.02 Å². The zero-order valence-corrected chi connectivity index (χ0v) is 27.6. The Morgan fingerprint density at radius 2 is 1.94 bits per heavy atom. The average Bonchev–Trinajstić information content (AvgIpc) is 3.69. The molecule has 6 rings (SSSR count). The minimum Gasteiger partial charge on any atom is -0.481 e. The van der Waals surface area contributed by atoms with Gasteiger partial charge in [-0.3, -0.25) is 19.6 Å². The van der Waals surface area contributed by atoms with Gasteiger partial charge in [0.1, 0.15) is 11.9 Å². The number of aliphatic carboxylic acids is 1. The van der Waals surface area contributed by atoms with E-state index in [1.807, 2.05) is 34.5 Å². The van der Waals surface area contributed by atoms with E-state index < -0.39 is 29.2 Å². The number of fused-ring (bicyclic) bond motifs is 1. The number of hydrogen-bond acceptors (Lipinski definition) is 9. The van der Waals surface area contributed by atoms with Crippen molar-refractivity contribution in [2.45, 2.75) is 32.4 Å². The van der Waals surface area contributed by atoms with Crippen LogP contribution in [0.1, 0.15) is 36.0 Å². The number of carbonyl (C=O) groups is 3. The number of amidine groups is 1. The van der Waals surface area contributed by atoms with Crippen molar-refractivity contribution < 1.29 is 28.6 Å². The Hall–Kier alpha value is -4.33. The summed E-state index contributed by atoms with van der Waals surface area (Å²) in [5.74, 6) is -1.49. The van der Waals surface area contributed by atoms with Crippen LogP contribution in [0.3, 0.4) is 0 Å². The van der Waals surface area contributed by atoms with E-state index in [-0.39, 0.29) is 22.7 Å². The second-order valence-corrected chi connectivity index (χ2v) is 13.7. The first-order chi connectivity index (χ1) is 22.4. The summed E-state index contributed by atoms with van der Waals surface area (Å²) in [6.07, 6.45) is 2.04. The number of carboxylic acids is 1. The van der Waals surface area contributed by atoms with Gasteiger partial charge in [-0.15, -0.1) is 11.3 Å². The summed E-state index contributed by atoms with van der Waals surface area (Å²) >= 11 is 7.87. The van der Waals surface area contributed by atoms with Crippen LogP contribution in [0.25, 0.3) is 0 Å². The maximum absolute atomic E-state index is 14.0. The van der Waals surface area contributed by atoms with Crippen molar-refractivity contribution in [2.75, 3.05) is 44.7 Å². The van der Waals surface area contributed by atoms with Crippen molar-refractivity contribution in [1.82, 2.24) is 20.1 Å². The quantitative estimate of drug-likeness (QED) is 0.311. The molecular weight excluding hydrogens is 647 g/mol. The zero-order chi connectivity index (χ0) is 33.5. The monoisotopic (exact) mass is 680 g/mol. The molecule has 3 aliphatic rings. The maximum Gasteiger partial charge on any atom is 0.338 e. The van der Waals surface area contributed by atoms with Crippen molar-refractivity contribution in [3.63, 3.8) is 0 Å². The number of halogens is 2. The third-order valence-electron chi connectivity index (χ3n) is 8.71. The molecule has 2 fully saturated rings. The second-order valence-electron chi connectivity index (χ2n) is 12.4. The number of hydrogen-bond donors (Lipinski definition) is 2. The summed E-state index contributed by atoms with van der Waals surface area (Å²) in [7, 11) is 1.30.